The van der Waals surface area contributed by atoms with E-state index >= 15 is 0 Å². The van der Waals surface area contributed by atoms with Gasteiger partial charge < -0.3 is 13.6 Å². The summed E-state index contributed by atoms with van der Waals surface area (Å²) in [6.07, 6.45) is 0. The van der Waals surface area contributed by atoms with E-state index in [1.165, 1.54) is 10.8 Å². The van der Waals surface area contributed by atoms with E-state index in [2.05, 4.69) is 191 Å². The second kappa shape index (κ2) is 14.0. The lowest BCUT2D eigenvalue weighted by atomic mass is 10.0. The van der Waals surface area contributed by atoms with E-state index in [-0.39, 0.29) is 0 Å². The van der Waals surface area contributed by atoms with E-state index in [4.69, 9.17) is 19.4 Å². The van der Waals surface area contributed by atoms with Crippen molar-refractivity contribution in [2.45, 2.75) is 0 Å². The van der Waals surface area contributed by atoms with Gasteiger partial charge in [-0.1, -0.05) is 158 Å². The van der Waals surface area contributed by atoms with Gasteiger partial charge in [0.2, 0.25) is 0 Å². The lowest BCUT2D eigenvalue weighted by Crippen LogP contribution is -2.01. The molecule has 0 aliphatic carbocycles. The van der Waals surface area contributed by atoms with Crippen LogP contribution in [0.4, 0.5) is 0 Å². The summed E-state index contributed by atoms with van der Waals surface area (Å²) in [5.41, 5.74) is 13.2. The third kappa shape index (κ3) is 5.62. The molecule has 0 unspecified atom stereocenters. The molecule has 0 atom stereocenters. The summed E-state index contributed by atoms with van der Waals surface area (Å²) >= 11 is 0. The van der Waals surface area contributed by atoms with Crippen molar-refractivity contribution < 1.29 is 4.42 Å². The Hall–Kier alpha value is -8.61. The van der Waals surface area contributed by atoms with Crippen molar-refractivity contribution in [2.24, 2.45) is 0 Å². The molecule has 4 heterocycles. The van der Waals surface area contributed by atoms with Crippen LogP contribution < -0.4 is 0 Å². The Morgan fingerprint density at radius 3 is 1.37 bits per heavy atom. The number of nitrogens with zero attached hydrogens (tertiary/aromatic N) is 5. The predicted octanol–water partition coefficient (Wildman–Crippen LogP) is 14.6. The van der Waals surface area contributed by atoms with Crippen LogP contribution in [-0.2, 0) is 0 Å². The van der Waals surface area contributed by atoms with E-state index in [0.29, 0.717) is 17.5 Å². The second-order valence-corrected chi connectivity index (χ2v) is 16.0. The van der Waals surface area contributed by atoms with Crippen molar-refractivity contribution in [3.63, 3.8) is 0 Å². The Balaban J connectivity index is 1.01. The van der Waals surface area contributed by atoms with Crippen molar-refractivity contribution in [2.75, 3.05) is 0 Å². The van der Waals surface area contributed by atoms with Crippen LogP contribution in [0.25, 0.3) is 122 Å². The Kier molecular flexibility index (Phi) is 7.80. The normalized spacial score (nSPS) is 11.8. The molecule has 0 aliphatic rings. The molecule has 9 aromatic carbocycles. The molecule has 0 bridgehead atoms. The molecule has 0 spiro atoms. The number of benzene rings is 9. The van der Waals surface area contributed by atoms with Gasteiger partial charge in [-0.05, 0) is 60.2 Å². The van der Waals surface area contributed by atoms with Crippen molar-refractivity contribution in [3.8, 4) is 56.7 Å². The maximum Gasteiger partial charge on any atom is 0.164 e. The summed E-state index contributed by atoms with van der Waals surface area (Å²) in [6, 6.07) is 74.4. The van der Waals surface area contributed by atoms with Crippen LogP contribution in [-0.4, -0.2) is 24.1 Å². The van der Waals surface area contributed by atoms with Crippen molar-refractivity contribution in [1.29, 1.82) is 0 Å². The Morgan fingerprint density at radius 1 is 0.302 bits per heavy atom. The molecule has 0 aliphatic heterocycles. The minimum Gasteiger partial charge on any atom is -0.455 e. The zero-order chi connectivity index (χ0) is 41.4. The SMILES string of the molecule is c1ccc(-c2nc(-c3ccc4c5ccccc5n(-c5ccccc5)c4c3)nc(-c3ccc4c5ccc(-c6cccc7c6oc6ccccc67)cc5n(-c5ccccc5)c4c3)n2)cc1. The van der Waals surface area contributed by atoms with Gasteiger partial charge in [0, 0.05) is 65.9 Å². The van der Waals surface area contributed by atoms with Crippen molar-refractivity contribution in [1.82, 2.24) is 24.1 Å². The van der Waals surface area contributed by atoms with Gasteiger partial charge in [-0.2, -0.15) is 0 Å². The quantitative estimate of drug-likeness (QED) is 0.168. The topological polar surface area (TPSA) is 61.7 Å². The average molecular weight is 806 g/mol. The third-order valence-electron chi connectivity index (χ3n) is 12.4. The molecule has 0 N–H and O–H groups in total. The first kappa shape index (κ1) is 35.2. The summed E-state index contributed by atoms with van der Waals surface area (Å²) in [4.78, 5) is 15.6. The van der Waals surface area contributed by atoms with Gasteiger partial charge in [0.1, 0.15) is 11.2 Å². The fourth-order valence-electron chi connectivity index (χ4n) is 9.47. The summed E-state index contributed by atoms with van der Waals surface area (Å²) in [6.45, 7) is 0. The first-order valence-electron chi connectivity index (χ1n) is 21.2. The minimum atomic E-state index is 0.603. The molecule has 6 nitrogen and oxygen atoms in total. The smallest absolute Gasteiger partial charge is 0.164 e. The highest BCUT2D eigenvalue weighted by Crippen LogP contribution is 2.41. The molecule has 0 radical (unpaired) electrons. The highest BCUT2D eigenvalue weighted by Gasteiger charge is 2.20. The summed E-state index contributed by atoms with van der Waals surface area (Å²) < 4.78 is 11.2. The van der Waals surface area contributed by atoms with Crippen LogP contribution in [0.1, 0.15) is 0 Å². The molecule has 0 saturated heterocycles. The van der Waals surface area contributed by atoms with Crippen LogP contribution in [0.2, 0.25) is 0 Å². The molecular weight excluding hydrogens is 771 g/mol. The number of furan rings is 1. The summed E-state index contributed by atoms with van der Waals surface area (Å²) in [7, 11) is 0. The molecule has 0 amide bonds. The van der Waals surface area contributed by atoms with Crippen LogP contribution in [0.15, 0.2) is 217 Å². The number of aromatic nitrogens is 5. The Bertz CT molecular complexity index is 3900. The van der Waals surface area contributed by atoms with Crippen molar-refractivity contribution >= 4 is 65.6 Å². The third-order valence-corrected chi connectivity index (χ3v) is 12.4. The predicted molar refractivity (Wildman–Crippen MR) is 258 cm³/mol. The highest BCUT2D eigenvalue weighted by molar-refractivity contribution is 6.14. The summed E-state index contributed by atoms with van der Waals surface area (Å²) in [5, 5.41) is 6.90. The van der Waals surface area contributed by atoms with Crippen LogP contribution >= 0.6 is 0 Å². The maximum atomic E-state index is 6.51. The monoisotopic (exact) mass is 805 g/mol. The molecule has 294 valence electrons. The molecular formula is C57H35N5O. The van der Waals surface area contributed by atoms with Gasteiger partial charge in [0.15, 0.2) is 17.5 Å². The van der Waals surface area contributed by atoms with Gasteiger partial charge in [-0.25, -0.2) is 15.0 Å². The fraction of sp³-hybridized carbons (Fsp3) is 0. The van der Waals surface area contributed by atoms with Crippen LogP contribution in [0, 0.1) is 0 Å². The minimum absolute atomic E-state index is 0.603. The number of hydrogen-bond donors (Lipinski definition) is 0. The van der Waals surface area contributed by atoms with Gasteiger partial charge in [-0.15, -0.1) is 0 Å². The maximum absolute atomic E-state index is 6.51. The molecule has 63 heavy (non-hydrogen) atoms. The van der Waals surface area contributed by atoms with Gasteiger partial charge in [-0.3, -0.25) is 0 Å². The van der Waals surface area contributed by atoms with E-state index < -0.39 is 0 Å². The highest BCUT2D eigenvalue weighted by atomic mass is 16.3. The number of rotatable bonds is 6. The number of para-hydroxylation sites is 5. The first-order valence-corrected chi connectivity index (χ1v) is 21.2. The molecule has 13 aromatic rings. The van der Waals surface area contributed by atoms with Gasteiger partial charge >= 0.3 is 0 Å². The molecule has 13 rings (SSSR count). The Morgan fingerprint density at radius 2 is 0.746 bits per heavy atom. The second-order valence-electron chi connectivity index (χ2n) is 16.0. The first-order chi connectivity index (χ1) is 31.2. The number of hydrogen-bond acceptors (Lipinski definition) is 4. The number of fused-ring (bicyclic) bond motifs is 9. The molecule has 0 saturated carbocycles. The van der Waals surface area contributed by atoms with Gasteiger partial charge in [0.25, 0.3) is 0 Å². The van der Waals surface area contributed by atoms with E-state index in [9.17, 15) is 0 Å². The van der Waals surface area contributed by atoms with E-state index in [1.807, 2.05) is 30.3 Å². The lowest BCUT2D eigenvalue weighted by Gasteiger charge is -2.11. The Labute approximate surface area is 361 Å². The molecule has 4 aromatic heterocycles. The largest absolute Gasteiger partial charge is 0.455 e. The standard InChI is InChI=1S/C57H35N5O/c1-4-15-36(16-5-1)55-58-56(38-28-31-44-43-21-10-12-25-49(43)61(51(44)34-38)40-17-6-2-7-18-40)60-57(59-55)39-29-32-46-45-30-27-37(33-50(45)62(52(46)35-39)41-19-8-3-9-20-41)42-23-14-24-48-47-22-11-13-26-53(47)63-54(42)48/h1-35H. The van der Waals surface area contributed by atoms with Gasteiger partial charge in [0.05, 0.1) is 22.1 Å². The van der Waals surface area contributed by atoms with E-state index in [0.717, 1.165) is 94.0 Å². The molecule has 0 fully saturated rings. The zero-order valence-electron chi connectivity index (χ0n) is 33.9. The lowest BCUT2D eigenvalue weighted by molar-refractivity contribution is 0.670. The van der Waals surface area contributed by atoms with E-state index in [1.54, 1.807) is 0 Å². The molecule has 6 heteroatoms. The average Bonchev–Trinajstić information content (AvgIpc) is 4.01. The van der Waals surface area contributed by atoms with Crippen LogP contribution in [0.3, 0.4) is 0 Å². The van der Waals surface area contributed by atoms with Crippen molar-refractivity contribution in [3.05, 3.63) is 212 Å². The summed E-state index contributed by atoms with van der Waals surface area (Å²) in [5.74, 6) is 1.83. The van der Waals surface area contributed by atoms with Crippen LogP contribution in [0.5, 0.6) is 0 Å². The fourth-order valence-corrected chi connectivity index (χ4v) is 9.47. The zero-order valence-corrected chi connectivity index (χ0v) is 33.9.